The van der Waals surface area contributed by atoms with E-state index in [2.05, 4.69) is 17.2 Å². The van der Waals surface area contributed by atoms with Crippen LogP contribution in [0.2, 0.25) is 0 Å². The summed E-state index contributed by atoms with van der Waals surface area (Å²) in [5.41, 5.74) is 3.52. The normalized spacial score (nSPS) is 23.0. The van der Waals surface area contributed by atoms with Gasteiger partial charge >= 0.3 is 0 Å². The lowest BCUT2D eigenvalue weighted by Crippen LogP contribution is -2.46. The van der Waals surface area contributed by atoms with E-state index < -0.39 is 4.92 Å². The first-order valence-electron chi connectivity index (χ1n) is 6.99. The highest BCUT2D eigenvalue weighted by atomic mass is 16.6. The Morgan fingerprint density at radius 3 is 2.95 bits per heavy atom. The van der Waals surface area contributed by atoms with Crippen LogP contribution in [0.1, 0.15) is 25.3 Å². The molecule has 0 saturated carbocycles. The summed E-state index contributed by atoms with van der Waals surface area (Å²) in [6.07, 6.45) is 2.07. The summed E-state index contributed by atoms with van der Waals surface area (Å²) >= 11 is 0. The first-order chi connectivity index (χ1) is 9.99. The predicted octanol–water partition coefficient (Wildman–Crippen LogP) is 1.88. The van der Waals surface area contributed by atoms with E-state index in [-0.39, 0.29) is 11.3 Å². The second-order valence-electron chi connectivity index (χ2n) is 5.68. The highest BCUT2D eigenvalue weighted by Gasteiger charge is 2.31. The van der Waals surface area contributed by atoms with Gasteiger partial charge in [-0.15, -0.1) is 0 Å². The number of para-hydroxylation sites is 1. The van der Waals surface area contributed by atoms with E-state index in [0.29, 0.717) is 12.2 Å². The minimum Gasteiger partial charge on any atom is -0.377 e. The molecule has 7 heteroatoms. The van der Waals surface area contributed by atoms with Crippen LogP contribution < -0.4 is 11.3 Å². The number of ether oxygens (including phenoxy) is 1. The summed E-state index contributed by atoms with van der Waals surface area (Å²) in [5.74, 6) is 5.48. The third-order valence-corrected chi connectivity index (χ3v) is 4.09. The molecule has 1 atom stereocenters. The Bertz CT molecular complexity index is 523. The zero-order valence-corrected chi connectivity index (χ0v) is 12.5. The van der Waals surface area contributed by atoms with Crippen molar-refractivity contribution in [3.63, 3.8) is 0 Å². The van der Waals surface area contributed by atoms with E-state index >= 15 is 0 Å². The maximum absolute atomic E-state index is 11.1. The molecule has 21 heavy (non-hydrogen) atoms. The Morgan fingerprint density at radius 1 is 1.57 bits per heavy atom. The monoisotopic (exact) mass is 294 g/mol. The molecule has 1 aliphatic heterocycles. The van der Waals surface area contributed by atoms with Gasteiger partial charge in [-0.1, -0.05) is 12.1 Å². The number of nitrogens with two attached hydrogens (primary N) is 1. The fourth-order valence-corrected chi connectivity index (χ4v) is 2.89. The van der Waals surface area contributed by atoms with E-state index in [1.165, 1.54) is 6.07 Å². The highest BCUT2D eigenvalue weighted by Crippen LogP contribution is 2.30. The standard InChI is InChI=1S/C14H22N4O3/c1-14(21-2)7-4-8-17(10-14)9-11-5-3-6-12(18(19)20)13(11)16-15/h3,5-6,16H,4,7-10,15H2,1-2H3. The molecule has 0 aromatic heterocycles. The predicted molar refractivity (Wildman–Crippen MR) is 80.8 cm³/mol. The summed E-state index contributed by atoms with van der Waals surface area (Å²) in [7, 11) is 1.73. The Kier molecular flexibility index (Phi) is 4.76. The molecule has 0 radical (unpaired) electrons. The number of nitrogens with zero attached hydrogens (tertiary/aromatic N) is 2. The van der Waals surface area contributed by atoms with Crippen molar-refractivity contribution in [2.45, 2.75) is 31.9 Å². The van der Waals surface area contributed by atoms with E-state index in [0.717, 1.165) is 31.5 Å². The Hall–Kier alpha value is -1.70. The molecule has 3 N–H and O–H groups in total. The number of nitro benzene ring substituents is 1. The van der Waals surface area contributed by atoms with Crippen LogP contribution in [-0.2, 0) is 11.3 Å². The average molecular weight is 294 g/mol. The number of piperidine rings is 1. The average Bonchev–Trinajstić information content (AvgIpc) is 2.47. The molecule has 1 heterocycles. The van der Waals surface area contributed by atoms with Crippen molar-refractivity contribution in [2.24, 2.45) is 5.84 Å². The largest absolute Gasteiger partial charge is 0.377 e. The van der Waals surface area contributed by atoms with Crippen LogP contribution in [0.4, 0.5) is 11.4 Å². The number of nitrogen functional groups attached to an aromatic ring is 1. The second kappa shape index (κ2) is 6.38. The summed E-state index contributed by atoms with van der Waals surface area (Å²) in [6.45, 7) is 4.46. The number of hydrogen-bond acceptors (Lipinski definition) is 6. The van der Waals surface area contributed by atoms with Crippen LogP contribution in [0.25, 0.3) is 0 Å². The number of anilines is 1. The minimum atomic E-state index is -0.422. The number of benzene rings is 1. The van der Waals surface area contributed by atoms with Gasteiger partial charge in [-0.05, 0) is 31.9 Å². The molecule has 0 spiro atoms. The van der Waals surface area contributed by atoms with Crippen LogP contribution in [-0.4, -0.2) is 35.6 Å². The van der Waals surface area contributed by atoms with Crippen LogP contribution in [0.15, 0.2) is 18.2 Å². The van der Waals surface area contributed by atoms with Gasteiger partial charge in [0.15, 0.2) is 0 Å². The Labute approximate surface area is 124 Å². The van der Waals surface area contributed by atoms with Crippen molar-refractivity contribution >= 4 is 11.4 Å². The minimum absolute atomic E-state index is 0.00140. The molecule has 1 aromatic rings. The Balaban J connectivity index is 2.19. The van der Waals surface area contributed by atoms with E-state index in [4.69, 9.17) is 10.6 Å². The number of rotatable bonds is 5. The summed E-state index contributed by atoms with van der Waals surface area (Å²) in [5, 5.41) is 11.1. The highest BCUT2D eigenvalue weighted by molar-refractivity contribution is 5.65. The maximum Gasteiger partial charge on any atom is 0.293 e. The lowest BCUT2D eigenvalue weighted by atomic mass is 9.94. The summed E-state index contributed by atoms with van der Waals surface area (Å²) < 4.78 is 5.57. The molecule has 2 rings (SSSR count). The van der Waals surface area contributed by atoms with E-state index in [1.54, 1.807) is 13.2 Å². The number of nitrogens with one attached hydrogen (secondary N) is 1. The Morgan fingerprint density at radius 2 is 2.33 bits per heavy atom. The first kappa shape index (κ1) is 15.7. The molecule has 1 aliphatic rings. The van der Waals surface area contributed by atoms with Gasteiger partial charge in [0.05, 0.1) is 10.5 Å². The summed E-state index contributed by atoms with van der Waals surface area (Å²) in [6, 6.07) is 5.00. The van der Waals surface area contributed by atoms with Crippen molar-refractivity contribution in [3.05, 3.63) is 33.9 Å². The zero-order valence-electron chi connectivity index (χ0n) is 12.5. The topological polar surface area (TPSA) is 93.7 Å². The lowest BCUT2D eigenvalue weighted by Gasteiger charge is -2.39. The van der Waals surface area contributed by atoms with Crippen molar-refractivity contribution in [3.8, 4) is 0 Å². The van der Waals surface area contributed by atoms with E-state index in [1.807, 2.05) is 6.07 Å². The number of methoxy groups -OCH3 is 1. The van der Waals surface area contributed by atoms with Crippen LogP contribution >= 0.6 is 0 Å². The molecule has 1 fully saturated rings. The second-order valence-corrected chi connectivity index (χ2v) is 5.68. The van der Waals surface area contributed by atoms with Gasteiger partial charge in [-0.3, -0.25) is 20.9 Å². The maximum atomic E-state index is 11.1. The van der Waals surface area contributed by atoms with E-state index in [9.17, 15) is 10.1 Å². The molecule has 7 nitrogen and oxygen atoms in total. The zero-order chi connectivity index (χ0) is 15.5. The van der Waals surface area contributed by atoms with Crippen molar-refractivity contribution in [2.75, 3.05) is 25.6 Å². The molecule has 0 bridgehead atoms. The smallest absolute Gasteiger partial charge is 0.293 e. The van der Waals surface area contributed by atoms with Crippen LogP contribution in [0, 0.1) is 10.1 Å². The van der Waals surface area contributed by atoms with Gasteiger partial charge in [0.2, 0.25) is 0 Å². The molecule has 0 amide bonds. The quantitative estimate of drug-likeness (QED) is 0.489. The molecule has 1 saturated heterocycles. The van der Waals surface area contributed by atoms with Gasteiger partial charge in [0.25, 0.3) is 5.69 Å². The van der Waals surface area contributed by atoms with Gasteiger partial charge in [-0.2, -0.15) is 0 Å². The molecular formula is C14H22N4O3. The van der Waals surface area contributed by atoms with Gasteiger partial charge < -0.3 is 10.2 Å². The molecule has 1 unspecified atom stereocenters. The van der Waals surface area contributed by atoms with Crippen molar-refractivity contribution in [1.82, 2.24) is 4.90 Å². The third-order valence-electron chi connectivity index (χ3n) is 4.09. The van der Waals surface area contributed by atoms with Gasteiger partial charge in [0.1, 0.15) is 5.69 Å². The SMILES string of the molecule is COC1(C)CCCN(Cc2cccc([N+](=O)[O-])c2NN)C1. The fraction of sp³-hybridized carbons (Fsp3) is 0.571. The number of likely N-dealkylation sites (tertiary alicyclic amines) is 1. The molecule has 0 aliphatic carbocycles. The molecule has 1 aromatic carbocycles. The van der Waals surface area contributed by atoms with Crippen LogP contribution in [0.5, 0.6) is 0 Å². The molecular weight excluding hydrogens is 272 g/mol. The van der Waals surface area contributed by atoms with Crippen LogP contribution in [0.3, 0.4) is 0 Å². The number of nitro groups is 1. The number of hydrazine groups is 1. The van der Waals surface area contributed by atoms with Gasteiger partial charge in [0, 0.05) is 26.3 Å². The summed E-state index contributed by atoms with van der Waals surface area (Å²) in [4.78, 5) is 12.9. The lowest BCUT2D eigenvalue weighted by molar-refractivity contribution is -0.384. The van der Waals surface area contributed by atoms with Gasteiger partial charge in [-0.25, -0.2) is 0 Å². The van der Waals surface area contributed by atoms with Crippen molar-refractivity contribution < 1.29 is 9.66 Å². The van der Waals surface area contributed by atoms with Crippen molar-refractivity contribution in [1.29, 1.82) is 0 Å². The molecule has 116 valence electrons. The fourth-order valence-electron chi connectivity index (χ4n) is 2.89. The third kappa shape index (κ3) is 3.49. The first-order valence-corrected chi connectivity index (χ1v) is 6.99. The number of hydrogen-bond donors (Lipinski definition) is 2.